The van der Waals surface area contributed by atoms with Gasteiger partial charge in [0.15, 0.2) is 5.60 Å². The first-order valence-electron chi connectivity index (χ1n) is 10.0. The van der Waals surface area contributed by atoms with Crippen molar-refractivity contribution in [3.63, 3.8) is 0 Å². The summed E-state index contributed by atoms with van der Waals surface area (Å²) >= 11 is 0. The number of hydrogen-bond donors (Lipinski definition) is 0. The van der Waals surface area contributed by atoms with Crippen molar-refractivity contribution < 1.29 is 18.3 Å². The third kappa shape index (κ3) is 3.01. The summed E-state index contributed by atoms with van der Waals surface area (Å²) < 4.78 is 33.7. The van der Waals surface area contributed by atoms with Crippen LogP contribution in [0.2, 0.25) is 0 Å². The van der Waals surface area contributed by atoms with E-state index >= 15 is 0 Å². The van der Waals surface area contributed by atoms with Crippen molar-refractivity contribution in [2.24, 2.45) is 0 Å². The molecule has 3 aliphatic heterocycles. The second kappa shape index (κ2) is 7.03. The molecule has 1 spiro atoms. The van der Waals surface area contributed by atoms with Crippen LogP contribution in [0, 0.1) is 24.0 Å². The molecule has 154 valence electrons. The van der Waals surface area contributed by atoms with Gasteiger partial charge in [0.05, 0.1) is 6.04 Å². The van der Waals surface area contributed by atoms with Gasteiger partial charge in [-0.25, -0.2) is 18.7 Å². The molecule has 0 N–H and O–H groups in total. The molecule has 0 aliphatic carbocycles. The fourth-order valence-electron chi connectivity index (χ4n) is 4.83. The fraction of sp³-hybridized carbons (Fsp3) is 0.409. The summed E-state index contributed by atoms with van der Waals surface area (Å²) in [5, 5.41) is 0. The van der Waals surface area contributed by atoms with E-state index in [1.807, 2.05) is 0 Å². The first-order chi connectivity index (χ1) is 14.5. The molecule has 6 nitrogen and oxygen atoms in total. The van der Waals surface area contributed by atoms with E-state index in [2.05, 4.69) is 20.8 Å². The zero-order chi connectivity index (χ0) is 20.9. The van der Waals surface area contributed by atoms with E-state index in [-0.39, 0.29) is 18.2 Å². The van der Waals surface area contributed by atoms with E-state index < -0.39 is 17.2 Å². The Labute approximate surface area is 172 Å². The normalized spacial score (nSPS) is 24.9. The number of aromatic nitrogens is 2. The molecule has 0 radical (unpaired) electrons. The Bertz CT molecular complexity index is 1030. The largest absolute Gasteiger partial charge is 0.356 e. The molecule has 1 aromatic carbocycles. The summed E-state index contributed by atoms with van der Waals surface area (Å²) in [6, 6.07) is 4.87. The molecular weight excluding hydrogens is 390 g/mol. The number of benzene rings is 1. The van der Waals surface area contributed by atoms with Crippen molar-refractivity contribution in [3.8, 4) is 12.3 Å². The number of piperidine rings is 1. The Hall–Kier alpha value is -3.05. The van der Waals surface area contributed by atoms with E-state index in [9.17, 15) is 13.6 Å². The molecule has 3 aliphatic rings. The molecule has 2 atom stereocenters. The SMILES string of the molecule is C#Cc1nccc(N2CCC3(CC2)O[C@@H]2CC[C@@H](c4cc(F)cc(F)c4)N2C3=O)n1. The molecule has 0 saturated carbocycles. The molecular formula is C22H20F2N4O2. The van der Waals surface area contributed by atoms with E-state index in [0.717, 1.165) is 11.9 Å². The molecule has 2 aromatic rings. The summed E-state index contributed by atoms with van der Waals surface area (Å²) in [4.78, 5) is 25.5. The molecule has 30 heavy (non-hydrogen) atoms. The Morgan fingerprint density at radius 1 is 1.17 bits per heavy atom. The molecule has 1 aromatic heterocycles. The first kappa shape index (κ1) is 18.9. The van der Waals surface area contributed by atoms with Crippen LogP contribution in [-0.2, 0) is 9.53 Å². The Morgan fingerprint density at radius 2 is 1.90 bits per heavy atom. The van der Waals surface area contributed by atoms with Crippen LogP contribution in [-0.4, -0.2) is 45.7 Å². The monoisotopic (exact) mass is 410 g/mol. The number of amides is 1. The van der Waals surface area contributed by atoms with Gasteiger partial charge in [0.2, 0.25) is 5.82 Å². The maximum Gasteiger partial charge on any atom is 0.257 e. The summed E-state index contributed by atoms with van der Waals surface area (Å²) in [6.45, 7) is 1.18. The van der Waals surface area contributed by atoms with Crippen LogP contribution in [0.15, 0.2) is 30.5 Å². The molecule has 1 amide bonds. The minimum absolute atomic E-state index is 0.0914. The highest BCUT2D eigenvalue weighted by Gasteiger charge is 2.58. The number of ether oxygens (including phenoxy) is 1. The van der Waals surface area contributed by atoms with Gasteiger partial charge in [-0.3, -0.25) is 4.79 Å². The number of carbonyl (C=O) groups is 1. The lowest BCUT2D eigenvalue weighted by Gasteiger charge is -2.38. The van der Waals surface area contributed by atoms with Gasteiger partial charge in [-0.05, 0) is 42.5 Å². The van der Waals surface area contributed by atoms with Crippen molar-refractivity contribution >= 4 is 11.7 Å². The number of nitrogens with zero attached hydrogens (tertiary/aromatic N) is 4. The average Bonchev–Trinajstić information content (AvgIpc) is 3.26. The van der Waals surface area contributed by atoms with Gasteiger partial charge in [0, 0.05) is 38.2 Å². The number of fused-ring (bicyclic) bond motifs is 1. The lowest BCUT2D eigenvalue weighted by Crippen LogP contribution is -2.50. The van der Waals surface area contributed by atoms with Crippen LogP contribution in [0.4, 0.5) is 14.6 Å². The number of carbonyl (C=O) groups excluding carboxylic acids is 1. The molecule has 3 saturated heterocycles. The van der Waals surface area contributed by atoms with Crippen LogP contribution in [0.25, 0.3) is 0 Å². The van der Waals surface area contributed by atoms with Crippen molar-refractivity contribution in [1.82, 2.24) is 14.9 Å². The van der Waals surface area contributed by atoms with E-state index in [1.54, 1.807) is 17.2 Å². The lowest BCUT2D eigenvalue weighted by molar-refractivity contribution is -0.140. The number of anilines is 1. The quantitative estimate of drug-likeness (QED) is 0.713. The number of halogens is 2. The van der Waals surface area contributed by atoms with Crippen molar-refractivity contribution in [3.05, 3.63) is 53.5 Å². The smallest absolute Gasteiger partial charge is 0.257 e. The molecule has 8 heteroatoms. The molecule has 4 heterocycles. The lowest BCUT2D eigenvalue weighted by atomic mass is 9.89. The van der Waals surface area contributed by atoms with Gasteiger partial charge in [0.25, 0.3) is 5.91 Å². The average molecular weight is 410 g/mol. The molecule has 3 fully saturated rings. The number of terminal acetylenes is 1. The van der Waals surface area contributed by atoms with Crippen molar-refractivity contribution in [2.75, 3.05) is 18.0 Å². The van der Waals surface area contributed by atoms with Crippen LogP contribution in [0.1, 0.15) is 43.1 Å². The van der Waals surface area contributed by atoms with Gasteiger partial charge < -0.3 is 14.5 Å². The third-order valence-corrected chi connectivity index (χ3v) is 6.25. The van der Waals surface area contributed by atoms with E-state index in [4.69, 9.17) is 11.2 Å². The van der Waals surface area contributed by atoms with Gasteiger partial charge in [-0.1, -0.05) is 0 Å². The second-order valence-electron chi connectivity index (χ2n) is 7.94. The Balaban J connectivity index is 1.34. The maximum atomic E-state index is 13.7. The van der Waals surface area contributed by atoms with Crippen LogP contribution in [0.3, 0.4) is 0 Å². The van der Waals surface area contributed by atoms with Crippen LogP contribution >= 0.6 is 0 Å². The molecule has 0 bridgehead atoms. The highest BCUT2D eigenvalue weighted by molar-refractivity contribution is 5.88. The highest BCUT2D eigenvalue weighted by Crippen LogP contribution is 2.48. The minimum Gasteiger partial charge on any atom is -0.356 e. The summed E-state index contributed by atoms with van der Waals surface area (Å²) in [5.41, 5.74) is -0.419. The predicted octanol–water partition coefficient (Wildman–Crippen LogP) is 2.80. The van der Waals surface area contributed by atoms with Crippen LogP contribution < -0.4 is 4.90 Å². The molecule has 5 rings (SSSR count). The van der Waals surface area contributed by atoms with Crippen LogP contribution in [0.5, 0.6) is 0 Å². The predicted molar refractivity (Wildman–Crippen MR) is 104 cm³/mol. The third-order valence-electron chi connectivity index (χ3n) is 6.25. The van der Waals surface area contributed by atoms with Gasteiger partial charge in [0.1, 0.15) is 23.7 Å². The van der Waals surface area contributed by atoms with Gasteiger partial charge in [-0.2, -0.15) is 0 Å². The van der Waals surface area contributed by atoms with Gasteiger partial charge in [-0.15, -0.1) is 6.42 Å². The Morgan fingerprint density at radius 3 is 2.60 bits per heavy atom. The highest BCUT2D eigenvalue weighted by atomic mass is 19.1. The number of hydrogen-bond acceptors (Lipinski definition) is 5. The first-order valence-corrected chi connectivity index (χ1v) is 10.0. The van der Waals surface area contributed by atoms with E-state index in [1.165, 1.54) is 12.1 Å². The summed E-state index contributed by atoms with van der Waals surface area (Å²) in [6.07, 6.45) is 8.95. The standard InChI is InChI=1S/C22H20F2N4O2/c1-2-18-25-8-5-19(26-18)27-9-6-22(7-10-27)21(29)28-17(3-4-20(28)30-22)14-11-15(23)13-16(24)12-14/h1,5,8,11-13,17,20H,3-4,6-7,9-10H2/t17-,20+/m0/s1. The fourth-order valence-corrected chi connectivity index (χ4v) is 4.83. The second-order valence-corrected chi connectivity index (χ2v) is 7.94. The van der Waals surface area contributed by atoms with Crippen molar-refractivity contribution in [1.29, 1.82) is 0 Å². The minimum atomic E-state index is -0.895. The van der Waals surface area contributed by atoms with Crippen molar-refractivity contribution in [2.45, 2.75) is 43.6 Å². The number of rotatable bonds is 2. The zero-order valence-corrected chi connectivity index (χ0v) is 16.2. The maximum absolute atomic E-state index is 13.7. The molecule has 0 unspecified atom stereocenters. The summed E-state index contributed by atoms with van der Waals surface area (Å²) in [5.74, 6) is 2.12. The topological polar surface area (TPSA) is 58.6 Å². The van der Waals surface area contributed by atoms with E-state index in [0.29, 0.717) is 50.2 Å². The van der Waals surface area contributed by atoms with Gasteiger partial charge >= 0.3 is 0 Å². The Kier molecular flexibility index (Phi) is 4.44. The zero-order valence-electron chi connectivity index (χ0n) is 16.2. The summed E-state index contributed by atoms with van der Waals surface area (Å²) in [7, 11) is 0.